The maximum Gasteiger partial charge on any atom is 0.236 e. The largest absolute Gasteiger partial charge is 0.375 e. The number of nitrogens with zero attached hydrogens (tertiary/aromatic N) is 3. The molecule has 2 aromatic heterocycles. The van der Waals surface area contributed by atoms with Gasteiger partial charge in [0.25, 0.3) is 0 Å². The van der Waals surface area contributed by atoms with Crippen LogP contribution in [0.4, 0.5) is 11.5 Å². The molecule has 4 aromatic rings. The summed E-state index contributed by atoms with van der Waals surface area (Å²) < 4.78 is 34.2. The van der Waals surface area contributed by atoms with Crippen LogP contribution in [0.3, 0.4) is 0 Å². The molecule has 0 aliphatic heterocycles. The molecule has 2 heterocycles. The molecule has 0 saturated carbocycles. The van der Waals surface area contributed by atoms with E-state index >= 15 is 0 Å². The minimum absolute atomic E-state index is 0.0950. The topological polar surface area (TPSA) is 98.1 Å². The number of ether oxygens (including phenoxy) is 1. The molecule has 1 atom stereocenters. The van der Waals surface area contributed by atoms with E-state index in [0.29, 0.717) is 18.2 Å². The number of hydrogen-bond acceptors (Lipinski definition) is 6. The van der Waals surface area contributed by atoms with Crippen molar-refractivity contribution in [3.8, 4) is 5.95 Å². The van der Waals surface area contributed by atoms with Crippen LogP contribution in [0, 0.1) is 6.92 Å². The highest BCUT2D eigenvalue weighted by Gasteiger charge is 2.27. The smallest absolute Gasteiger partial charge is 0.236 e. The van der Waals surface area contributed by atoms with Crippen molar-refractivity contribution in [2.45, 2.75) is 38.8 Å². The molecule has 9 heteroatoms. The Balaban J connectivity index is 1.64. The first-order valence-corrected chi connectivity index (χ1v) is 13.5. The van der Waals surface area contributed by atoms with Crippen LogP contribution < -0.4 is 10.0 Å². The van der Waals surface area contributed by atoms with Crippen LogP contribution in [0.1, 0.15) is 41.5 Å². The second-order valence-corrected chi connectivity index (χ2v) is 10.7. The van der Waals surface area contributed by atoms with Crippen molar-refractivity contribution in [3.05, 3.63) is 77.1 Å². The van der Waals surface area contributed by atoms with Gasteiger partial charge in [0.1, 0.15) is 5.82 Å². The Kier molecular flexibility index (Phi) is 6.21. The van der Waals surface area contributed by atoms with Gasteiger partial charge in [0.05, 0.1) is 29.3 Å². The zero-order valence-electron chi connectivity index (χ0n) is 20.1. The van der Waals surface area contributed by atoms with Gasteiger partial charge in [0.15, 0.2) is 0 Å². The molecule has 1 unspecified atom stereocenters. The summed E-state index contributed by atoms with van der Waals surface area (Å²) in [7, 11) is -1.70. The number of benzene rings is 2. The van der Waals surface area contributed by atoms with Gasteiger partial charge in [0.2, 0.25) is 16.0 Å². The predicted molar refractivity (Wildman–Crippen MR) is 139 cm³/mol. The van der Waals surface area contributed by atoms with Gasteiger partial charge in [-0.1, -0.05) is 36.4 Å². The normalized spacial score (nSPS) is 15.7. The van der Waals surface area contributed by atoms with Crippen molar-refractivity contribution in [2.24, 2.45) is 0 Å². The third kappa shape index (κ3) is 4.74. The van der Waals surface area contributed by atoms with Gasteiger partial charge in [-0.3, -0.25) is 9.29 Å². The Labute approximate surface area is 205 Å². The third-order valence-corrected chi connectivity index (χ3v) is 6.93. The fraction of sp³-hybridized carbons (Fsp3) is 0.308. The monoisotopic (exact) mass is 491 g/mol. The molecule has 0 amide bonds. The van der Waals surface area contributed by atoms with E-state index in [4.69, 9.17) is 14.7 Å². The van der Waals surface area contributed by atoms with Gasteiger partial charge < -0.3 is 10.1 Å². The average Bonchev–Trinajstić information content (AvgIpc) is 3.18. The molecule has 0 bridgehead atoms. The molecule has 0 radical (unpaired) electrons. The van der Waals surface area contributed by atoms with Gasteiger partial charge in [-0.15, -0.1) is 0 Å². The molecular weight excluding hydrogens is 462 g/mol. The lowest BCUT2D eigenvalue weighted by atomic mass is 9.93. The minimum Gasteiger partial charge on any atom is -0.375 e. The fourth-order valence-corrected chi connectivity index (χ4v) is 5.35. The van der Waals surface area contributed by atoms with Crippen LogP contribution in [-0.4, -0.2) is 36.3 Å². The second kappa shape index (κ2) is 9.31. The molecule has 35 heavy (non-hydrogen) atoms. The Bertz CT molecular complexity index is 1480. The number of fused-ring (bicyclic) bond motifs is 2. The first kappa shape index (κ1) is 23.3. The summed E-state index contributed by atoms with van der Waals surface area (Å²) in [4.78, 5) is 9.96. The quantitative estimate of drug-likeness (QED) is 0.388. The van der Waals surface area contributed by atoms with Crippen LogP contribution in [0.2, 0.25) is 0 Å². The number of hydrogen-bond donors (Lipinski definition) is 2. The third-order valence-electron chi connectivity index (χ3n) is 6.34. The van der Waals surface area contributed by atoms with Crippen molar-refractivity contribution < 1.29 is 13.2 Å². The van der Waals surface area contributed by atoms with Crippen LogP contribution in [-0.2, 0) is 27.7 Å². The Morgan fingerprint density at radius 2 is 1.91 bits per heavy atom. The molecule has 182 valence electrons. The van der Waals surface area contributed by atoms with Gasteiger partial charge in [-0.05, 0) is 49.9 Å². The Morgan fingerprint density at radius 3 is 2.66 bits per heavy atom. The van der Waals surface area contributed by atoms with E-state index < -0.39 is 10.0 Å². The first-order valence-electron chi connectivity index (χ1n) is 11.6. The van der Waals surface area contributed by atoms with E-state index in [1.807, 2.05) is 47.9 Å². The molecule has 2 N–H and O–H groups in total. The summed E-state index contributed by atoms with van der Waals surface area (Å²) in [5.74, 6) is 1.34. The molecule has 0 saturated heterocycles. The maximum atomic E-state index is 11.9. The second-order valence-electron chi connectivity index (χ2n) is 8.93. The van der Waals surface area contributed by atoms with Crippen molar-refractivity contribution in [3.63, 3.8) is 0 Å². The lowest BCUT2D eigenvalue weighted by molar-refractivity contribution is 0.0842. The molecule has 0 fully saturated rings. The van der Waals surface area contributed by atoms with E-state index in [0.717, 1.165) is 59.2 Å². The summed E-state index contributed by atoms with van der Waals surface area (Å²) in [6, 6.07) is 17.7. The summed E-state index contributed by atoms with van der Waals surface area (Å²) in [5, 5.41) is 4.32. The average molecular weight is 492 g/mol. The van der Waals surface area contributed by atoms with Gasteiger partial charge in [-0.2, -0.15) is 4.98 Å². The molecule has 0 spiro atoms. The van der Waals surface area contributed by atoms with Gasteiger partial charge >= 0.3 is 0 Å². The highest BCUT2D eigenvalue weighted by molar-refractivity contribution is 7.92. The number of rotatable bonds is 7. The summed E-state index contributed by atoms with van der Waals surface area (Å²) in [5.41, 5.74) is 5.43. The molecule has 1 aliphatic carbocycles. The first-order chi connectivity index (χ1) is 16.8. The molecule has 2 aromatic carbocycles. The fourth-order valence-electron chi connectivity index (χ4n) is 4.78. The van der Waals surface area contributed by atoms with Crippen molar-refractivity contribution in [1.29, 1.82) is 0 Å². The van der Waals surface area contributed by atoms with Crippen molar-refractivity contribution >= 4 is 32.4 Å². The number of aromatic nitrogens is 3. The predicted octanol–water partition coefficient (Wildman–Crippen LogP) is 4.74. The lowest BCUT2D eigenvalue weighted by Gasteiger charge is -2.26. The standard InChI is InChI=1S/C26H29N5O3S/c1-17-15-20-21(30-35(3,32)33)12-8-13-22(20)31(17)26-28-24-19(11-7-14-23(24)34-2)25(29-26)27-16-18-9-5-4-6-10-18/h4-6,8-10,12-13,15,23,30H,7,11,14,16H2,1-3H3,(H,27,28,29). The highest BCUT2D eigenvalue weighted by atomic mass is 32.2. The van der Waals surface area contributed by atoms with E-state index in [1.165, 1.54) is 5.56 Å². The lowest BCUT2D eigenvalue weighted by Crippen LogP contribution is -2.20. The Morgan fingerprint density at radius 1 is 1.11 bits per heavy atom. The number of aryl methyl sites for hydroxylation is 1. The number of nitrogens with one attached hydrogen (secondary N) is 2. The zero-order chi connectivity index (χ0) is 24.6. The number of methoxy groups -OCH3 is 1. The molecule has 5 rings (SSSR count). The maximum absolute atomic E-state index is 11.9. The minimum atomic E-state index is -3.42. The van der Waals surface area contributed by atoms with E-state index in [9.17, 15) is 8.42 Å². The number of anilines is 2. The van der Waals surface area contributed by atoms with Crippen LogP contribution in [0.15, 0.2) is 54.6 Å². The number of sulfonamides is 1. The zero-order valence-corrected chi connectivity index (χ0v) is 20.9. The van der Waals surface area contributed by atoms with Gasteiger partial charge in [0, 0.05) is 30.3 Å². The van der Waals surface area contributed by atoms with Crippen molar-refractivity contribution in [2.75, 3.05) is 23.4 Å². The molecule has 8 nitrogen and oxygen atoms in total. The van der Waals surface area contributed by atoms with E-state index in [-0.39, 0.29) is 6.10 Å². The van der Waals surface area contributed by atoms with Crippen LogP contribution in [0.5, 0.6) is 0 Å². The summed E-state index contributed by atoms with van der Waals surface area (Å²) >= 11 is 0. The van der Waals surface area contributed by atoms with Gasteiger partial charge in [-0.25, -0.2) is 13.4 Å². The SMILES string of the molecule is COC1CCCc2c(NCc3ccccc3)nc(-n3c(C)cc4c(NS(C)(=O)=O)cccc43)nc21. The van der Waals surface area contributed by atoms with Crippen LogP contribution in [0.25, 0.3) is 16.9 Å². The highest BCUT2D eigenvalue weighted by Crippen LogP contribution is 2.36. The Hall–Kier alpha value is -3.43. The molecular formula is C26H29N5O3S. The molecule has 1 aliphatic rings. The van der Waals surface area contributed by atoms with Crippen LogP contribution >= 0.6 is 0 Å². The van der Waals surface area contributed by atoms with Crippen molar-refractivity contribution in [1.82, 2.24) is 14.5 Å². The van der Waals surface area contributed by atoms with E-state index in [1.54, 1.807) is 13.2 Å². The summed E-state index contributed by atoms with van der Waals surface area (Å²) in [6.07, 6.45) is 3.87. The van der Waals surface area contributed by atoms with E-state index in [2.05, 4.69) is 22.2 Å². The summed E-state index contributed by atoms with van der Waals surface area (Å²) in [6.45, 7) is 2.62.